The summed E-state index contributed by atoms with van der Waals surface area (Å²) in [5, 5.41) is 12.8. The number of fused-ring (bicyclic) bond motifs is 4. The zero-order valence-corrected chi connectivity index (χ0v) is 16.9. The minimum Gasteiger partial charge on any atom is -0.493 e. The van der Waals surface area contributed by atoms with Crippen LogP contribution in [0.5, 0.6) is 11.5 Å². The molecule has 7 heteroatoms. The number of benzene rings is 2. The maximum absolute atomic E-state index is 11.1. The first-order chi connectivity index (χ1) is 14.4. The Morgan fingerprint density at radius 2 is 2.13 bits per heavy atom. The lowest BCUT2D eigenvalue weighted by Crippen LogP contribution is -2.46. The van der Waals surface area contributed by atoms with Crippen LogP contribution in [0.25, 0.3) is 11.5 Å². The van der Waals surface area contributed by atoms with Gasteiger partial charge in [-0.25, -0.2) is 9.78 Å². The number of aromatic carboxylic acids is 1. The van der Waals surface area contributed by atoms with Crippen molar-refractivity contribution in [3.63, 3.8) is 0 Å². The smallest absolute Gasteiger partial charge is 0.357 e. The second-order valence-corrected chi connectivity index (χ2v) is 8.24. The number of hydrogen-bond acceptors (Lipinski definition) is 6. The number of nitrogens with zero attached hydrogens (tertiary/aromatic N) is 1. The largest absolute Gasteiger partial charge is 0.493 e. The van der Waals surface area contributed by atoms with Crippen LogP contribution in [-0.4, -0.2) is 29.8 Å². The highest BCUT2D eigenvalue weighted by molar-refractivity contribution is 5.85. The van der Waals surface area contributed by atoms with Crippen molar-refractivity contribution in [2.75, 3.05) is 19.0 Å². The monoisotopic (exact) mass is 406 g/mol. The molecule has 3 heterocycles. The SMILES string of the molecule is COc1cccc2c1OC[C@H]1[C@@H]2Nc2ccc(-c3nc(C(=O)O)co3)cc2C1(C)C. The molecular formula is C23H22N2O5. The third-order valence-electron chi connectivity index (χ3n) is 6.30. The highest BCUT2D eigenvalue weighted by Gasteiger charge is 2.47. The van der Waals surface area contributed by atoms with Gasteiger partial charge in [-0.3, -0.25) is 0 Å². The Kier molecular flexibility index (Phi) is 4.03. The van der Waals surface area contributed by atoms with E-state index >= 15 is 0 Å². The molecule has 2 aliphatic heterocycles. The molecule has 2 atom stereocenters. The molecular weight excluding hydrogens is 384 g/mol. The third-order valence-corrected chi connectivity index (χ3v) is 6.30. The molecule has 0 aliphatic carbocycles. The first-order valence-corrected chi connectivity index (χ1v) is 9.80. The van der Waals surface area contributed by atoms with E-state index in [0.29, 0.717) is 12.5 Å². The van der Waals surface area contributed by atoms with E-state index in [1.165, 1.54) is 0 Å². The summed E-state index contributed by atoms with van der Waals surface area (Å²) < 4.78 is 17.0. The van der Waals surface area contributed by atoms with Crippen molar-refractivity contribution in [3.05, 3.63) is 59.5 Å². The molecule has 0 saturated heterocycles. The quantitative estimate of drug-likeness (QED) is 0.661. The van der Waals surface area contributed by atoms with Crippen molar-refractivity contribution >= 4 is 11.7 Å². The van der Waals surface area contributed by atoms with Gasteiger partial charge in [-0.05, 0) is 29.8 Å². The van der Waals surface area contributed by atoms with E-state index < -0.39 is 5.97 Å². The molecule has 2 N–H and O–H groups in total. The Balaban J connectivity index is 1.57. The molecule has 0 amide bonds. The molecule has 1 aromatic heterocycles. The molecule has 0 spiro atoms. The van der Waals surface area contributed by atoms with Crippen molar-refractivity contribution in [3.8, 4) is 23.0 Å². The zero-order chi connectivity index (χ0) is 21.0. The van der Waals surface area contributed by atoms with E-state index in [9.17, 15) is 4.79 Å². The maximum atomic E-state index is 11.1. The lowest BCUT2D eigenvalue weighted by Gasteiger charge is -2.48. The molecule has 30 heavy (non-hydrogen) atoms. The van der Waals surface area contributed by atoms with Gasteiger partial charge in [0.15, 0.2) is 17.2 Å². The number of hydrogen-bond donors (Lipinski definition) is 2. The number of aromatic nitrogens is 1. The minimum absolute atomic E-state index is 0.0950. The third kappa shape index (κ3) is 2.65. The summed E-state index contributed by atoms with van der Waals surface area (Å²) in [4.78, 5) is 15.2. The van der Waals surface area contributed by atoms with Crippen molar-refractivity contribution in [2.24, 2.45) is 5.92 Å². The first-order valence-electron chi connectivity index (χ1n) is 9.80. The summed E-state index contributed by atoms with van der Waals surface area (Å²) >= 11 is 0. The van der Waals surface area contributed by atoms with Crippen LogP contribution >= 0.6 is 0 Å². The van der Waals surface area contributed by atoms with Gasteiger partial charge in [0.2, 0.25) is 5.89 Å². The number of rotatable bonds is 3. The summed E-state index contributed by atoms with van der Waals surface area (Å²) in [7, 11) is 1.65. The average Bonchev–Trinajstić information content (AvgIpc) is 3.24. The van der Waals surface area contributed by atoms with Crippen molar-refractivity contribution in [2.45, 2.75) is 25.3 Å². The fraction of sp³-hybridized carbons (Fsp3) is 0.304. The summed E-state index contributed by atoms with van der Waals surface area (Å²) in [6, 6.07) is 12.0. The second-order valence-electron chi connectivity index (χ2n) is 8.24. The van der Waals surface area contributed by atoms with Gasteiger partial charge < -0.3 is 24.3 Å². The van der Waals surface area contributed by atoms with Crippen molar-refractivity contribution in [1.29, 1.82) is 0 Å². The lowest BCUT2D eigenvalue weighted by molar-refractivity contribution is 0.0690. The maximum Gasteiger partial charge on any atom is 0.357 e. The molecule has 0 unspecified atom stereocenters. The van der Waals surface area contributed by atoms with Gasteiger partial charge in [-0.2, -0.15) is 0 Å². The number of para-hydroxylation sites is 1. The van der Waals surface area contributed by atoms with Crippen LogP contribution in [0.15, 0.2) is 47.1 Å². The van der Waals surface area contributed by atoms with Crippen LogP contribution < -0.4 is 14.8 Å². The number of oxazole rings is 1. The molecule has 5 rings (SSSR count). The molecule has 0 fully saturated rings. The summed E-state index contributed by atoms with van der Waals surface area (Å²) in [5.41, 5.74) is 3.67. The van der Waals surface area contributed by atoms with Crippen LogP contribution in [0, 0.1) is 5.92 Å². The Labute approximate surface area is 173 Å². The summed E-state index contributed by atoms with van der Waals surface area (Å²) in [6.45, 7) is 4.98. The predicted molar refractivity (Wildman–Crippen MR) is 110 cm³/mol. The van der Waals surface area contributed by atoms with E-state index in [1.54, 1.807) is 7.11 Å². The fourth-order valence-corrected chi connectivity index (χ4v) is 4.59. The standard InChI is InChI=1S/C23H22N2O5/c1-23(2)14-9-12(21-25-17(11-30-21)22(26)27)7-8-16(14)24-19-13-5-4-6-18(28-3)20(13)29-10-15(19)23/h4-9,11,15,19,24H,10H2,1-3H3,(H,26,27)/t15-,19+/m0/s1. The van der Waals surface area contributed by atoms with Gasteiger partial charge in [0.05, 0.1) is 19.8 Å². The van der Waals surface area contributed by atoms with E-state index in [-0.39, 0.29) is 23.1 Å². The van der Waals surface area contributed by atoms with Crippen molar-refractivity contribution in [1.82, 2.24) is 4.98 Å². The van der Waals surface area contributed by atoms with E-state index in [0.717, 1.165) is 40.1 Å². The number of carbonyl (C=O) groups is 1. The van der Waals surface area contributed by atoms with E-state index in [2.05, 4.69) is 30.2 Å². The van der Waals surface area contributed by atoms with Crippen LogP contribution in [0.3, 0.4) is 0 Å². The van der Waals surface area contributed by atoms with Crippen LogP contribution in [0.2, 0.25) is 0 Å². The van der Waals surface area contributed by atoms with Crippen molar-refractivity contribution < 1.29 is 23.8 Å². The molecule has 0 saturated carbocycles. The normalized spacial score (nSPS) is 20.8. The van der Waals surface area contributed by atoms with Gasteiger partial charge >= 0.3 is 5.97 Å². The Bertz CT molecular complexity index is 1150. The van der Waals surface area contributed by atoms with Gasteiger partial charge in [0.25, 0.3) is 0 Å². The van der Waals surface area contributed by atoms with Crippen LogP contribution in [0.4, 0.5) is 5.69 Å². The number of nitrogens with one attached hydrogen (secondary N) is 1. The topological polar surface area (TPSA) is 93.8 Å². The zero-order valence-electron chi connectivity index (χ0n) is 16.9. The number of anilines is 1. The fourth-order valence-electron chi connectivity index (χ4n) is 4.59. The number of carboxylic acids is 1. The summed E-state index contributed by atoms with van der Waals surface area (Å²) in [6.07, 6.45) is 1.16. The average molecular weight is 406 g/mol. The van der Waals surface area contributed by atoms with Gasteiger partial charge in [-0.1, -0.05) is 26.0 Å². The van der Waals surface area contributed by atoms with Gasteiger partial charge in [0.1, 0.15) is 6.26 Å². The van der Waals surface area contributed by atoms with Gasteiger partial charge in [-0.15, -0.1) is 0 Å². The molecule has 2 aromatic carbocycles. The van der Waals surface area contributed by atoms with Gasteiger partial charge in [0, 0.05) is 28.1 Å². The highest BCUT2D eigenvalue weighted by Crippen LogP contribution is 2.54. The summed E-state index contributed by atoms with van der Waals surface area (Å²) in [5.74, 6) is 0.916. The van der Waals surface area contributed by atoms with Crippen LogP contribution in [-0.2, 0) is 5.41 Å². The molecule has 3 aromatic rings. The van der Waals surface area contributed by atoms with E-state index in [4.69, 9.17) is 19.0 Å². The molecule has 154 valence electrons. The Morgan fingerprint density at radius 1 is 1.30 bits per heavy atom. The van der Waals surface area contributed by atoms with E-state index in [1.807, 2.05) is 30.3 Å². The number of methoxy groups -OCH3 is 1. The molecule has 0 bridgehead atoms. The molecule has 0 radical (unpaired) electrons. The number of ether oxygens (including phenoxy) is 2. The Hall–Kier alpha value is -3.48. The minimum atomic E-state index is -1.11. The first kappa shape index (κ1) is 18.5. The highest BCUT2D eigenvalue weighted by atomic mass is 16.5. The second kappa shape index (κ2) is 6.52. The van der Waals surface area contributed by atoms with Crippen LogP contribution in [0.1, 0.15) is 41.5 Å². The Morgan fingerprint density at radius 3 is 2.87 bits per heavy atom. The molecule has 2 aliphatic rings. The predicted octanol–water partition coefficient (Wildman–Crippen LogP) is 4.50. The number of carboxylic acid groups (broad SMARTS) is 1. The molecule has 7 nitrogen and oxygen atoms in total. The lowest BCUT2D eigenvalue weighted by atomic mass is 9.65.